The van der Waals surface area contributed by atoms with Crippen molar-refractivity contribution in [3.05, 3.63) is 203 Å². The summed E-state index contributed by atoms with van der Waals surface area (Å²) in [4.78, 5) is 7.61. The van der Waals surface area contributed by atoms with Crippen molar-refractivity contribution in [2.75, 3.05) is 4.90 Å². The monoisotopic (exact) mass is 621 g/mol. The zero-order valence-electron chi connectivity index (χ0n) is 26.8. The van der Waals surface area contributed by atoms with Gasteiger partial charge in [0.15, 0.2) is 5.82 Å². The molecule has 5 nitrogen and oxygen atoms in total. The highest BCUT2D eigenvalue weighted by molar-refractivity contribution is 5.65. The Morgan fingerprint density at radius 3 is 1.69 bits per heavy atom. The van der Waals surface area contributed by atoms with Crippen molar-refractivity contribution in [1.82, 2.24) is 14.8 Å². The molecule has 0 fully saturated rings. The Kier molecular flexibility index (Phi) is 8.63. The van der Waals surface area contributed by atoms with Gasteiger partial charge < -0.3 is 4.90 Å². The maximum absolute atomic E-state index is 9.56. The summed E-state index contributed by atoms with van der Waals surface area (Å²) in [6.07, 6.45) is 0.919. The summed E-state index contributed by atoms with van der Waals surface area (Å²) in [7, 11) is 0. The Labute approximate surface area is 282 Å². The quantitative estimate of drug-likeness (QED) is 0.143. The summed E-state index contributed by atoms with van der Waals surface area (Å²) in [5.41, 5.74) is 7.18. The van der Waals surface area contributed by atoms with Crippen molar-refractivity contribution in [3.8, 4) is 17.5 Å². The van der Waals surface area contributed by atoms with E-state index < -0.39 is 5.54 Å². The molecule has 0 radical (unpaired) electrons. The lowest BCUT2D eigenvalue weighted by molar-refractivity contribution is 0.440. The van der Waals surface area contributed by atoms with Gasteiger partial charge in [0.05, 0.1) is 18.2 Å². The number of rotatable bonds is 10. The van der Waals surface area contributed by atoms with E-state index >= 15 is 0 Å². The molecule has 7 rings (SSSR count). The normalized spacial score (nSPS) is 11.2. The third kappa shape index (κ3) is 5.77. The Morgan fingerprint density at radius 1 is 0.625 bits per heavy atom. The van der Waals surface area contributed by atoms with Crippen molar-refractivity contribution in [2.24, 2.45) is 0 Å². The van der Waals surface area contributed by atoms with Crippen LogP contribution in [0.3, 0.4) is 0 Å². The van der Waals surface area contributed by atoms with Crippen molar-refractivity contribution in [1.29, 1.82) is 5.26 Å². The molecule has 0 spiro atoms. The third-order valence-corrected chi connectivity index (χ3v) is 8.84. The number of nitrogens with zero attached hydrogens (tertiary/aromatic N) is 5. The van der Waals surface area contributed by atoms with Crippen LogP contribution in [0, 0.1) is 11.3 Å². The van der Waals surface area contributed by atoms with E-state index in [1.165, 1.54) is 5.56 Å². The lowest BCUT2D eigenvalue weighted by Crippen LogP contribution is -2.40. The van der Waals surface area contributed by atoms with Crippen molar-refractivity contribution in [2.45, 2.75) is 25.4 Å². The number of hydrogen-bond acceptors (Lipinski definition) is 4. The van der Waals surface area contributed by atoms with Crippen molar-refractivity contribution < 1.29 is 0 Å². The van der Waals surface area contributed by atoms with Gasteiger partial charge in [-0.1, -0.05) is 140 Å². The summed E-state index contributed by atoms with van der Waals surface area (Å²) in [5, 5.41) is 15.0. The Bertz CT molecular complexity index is 2040. The first kappa shape index (κ1) is 30.4. The molecule has 0 bridgehead atoms. The zero-order valence-corrected chi connectivity index (χ0v) is 26.8. The third-order valence-electron chi connectivity index (χ3n) is 8.84. The van der Waals surface area contributed by atoms with Crippen molar-refractivity contribution in [3.63, 3.8) is 0 Å². The molecule has 0 amide bonds. The van der Waals surface area contributed by atoms with Crippen LogP contribution in [0.5, 0.6) is 0 Å². The summed E-state index contributed by atoms with van der Waals surface area (Å²) < 4.78 is 2.13. The fourth-order valence-electron chi connectivity index (χ4n) is 6.46. The van der Waals surface area contributed by atoms with Crippen LogP contribution in [-0.4, -0.2) is 14.8 Å². The second-order valence-corrected chi connectivity index (χ2v) is 11.7. The average Bonchev–Trinajstić information content (AvgIpc) is 3.60. The fourth-order valence-corrected chi connectivity index (χ4v) is 6.46. The van der Waals surface area contributed by atoms with Crippen LogP contribution in [0.4, 0.5) is 11.4 Å². The van der Waals surface area contributed by atoms with Gasteiger partial charge in [-0.2, -0.15) is 5.26 Å². The predicted octanol–water partition coefficient (Wildman–Crippen LogP) is 9.56. The van der Waals surface area contributed by atoms with Crippen LogP contribution in [0.25, 0.3) is 11.4 Å². The largest absolute Gasteiger partial charge is 0.334 e. The van der Waals surface area contributed by atoms with Crippen LogP contribution < -0.4 is 4.90 Å². The van der Waals surface area contributed by atoms with E-state index in [0.29, 0.717) is 17.9 Å². The molecule has 0 aliphatic rings. The summed E-state index contributed by atoms with van der Waals surface area (Å²) in [6, 6.07) is 60.6. The summed E-state index contributed by atoms with van der Waals surface area (Å²) in [5.74, 6) is 1.44. The molecule has 5 heteroatoms. The van der Waals surface area contributed by atoms with Gasteiger partial charge in [0.25, 0.3) is 0 Å². The number of nitriles is 1. The van der Waals surface area contributed by atoms with Gasteiger partial charge in [0.2, 0.25) is 0 Å². The lowest BCUT2D eigenvalue weighted by Gasteiger charge is -2.37. The molecule has 0 saturated carbocycles. The molecule has 0 N–H and O–H groups in total. The van der Waals surface area contributed by atoms with E-state index in [2.05, 4.69) is 150 Å². The van der Waals surface area contributed by atoms with E-state index in [-0.39, 0.29) is 0 Å². The molecule has 0 aliphatic heterocycles. The molecular formula is C43H35N5. The van der Waals surface area contributed by atoms with Crippen LogP contribution in [0.2, 0.25) is 0 Å². The highest BCUT2D eigenvalue weighted by Gasteiger charge is 2.42. The highest BCUT2D eigenvalue weighted by atomic mass is 15.4. The predicted molar refractivity (Wildman–Crippen MR) is 193 cm³/mol. The topological polar surface area (TPSA) is 57.7 Å². The SMILES string of the molecule is CCc1cccc(N(Cc2nc(-c3ccccc3)nn2C(c2ccccc2)(c2ccccc2)c2ccccc2)c2ccc(C#N)cc2)c1. The molecule has 232 valence electrons. The number of hydrogen-bond donors (Lipinski definition) is 0. The number of anilines is 2. The zero-order chi connectivity index (χ0) is 32.8. The fraction of sp³-hybridized carbons (Fsp3) is 0.0930. The second kappa shape index (κ2) is 13.6. The first-order valence-electron chi connectivity index (χ1n) is 16.3. The van der Waals surface area contributed by atoms with E-state index in [1.807, 2.05) is 42.5 Å². The van der Waals surface area contributed by atoms with Crippen LogP contribution in [0.15, 0.2) is 170 Å². The maximum atomic E-state index is 9.56. The first-order valence-corrected chi connectivity index (χ1v) is 16.3. The van der Waals surface area contributed by atoms with Crippen LogP contribution >= 0.6 is 0 Å². The average molecular weight is 622 g/mol. The molecule has 0 saturated heterocycles. The van der Waals surface area contributed by atoms with Crippen LogP contribution in [0.1, 0.15) is 40.6 Å². The van der Waals surface area contributed by atoms with Gasteiger partial charge in [-0.25, -0.2) is 9.67 Å². The standard InChI is InChI=1S/C43H35N5/c1-2-33-16-15-25-40(30-33)47(39-28-26-34(31-44)27-29-39)32-41-45-42(35-17-7-3-8-18-35)46-48(41)43(36-19-9-4-10-20-36,37-21-11-5-12-22-37)38-23-13-6-14-24-38/h3-30H,2,32H2,1H3. The molecular weight excluding hydrogens is 587 g/mol. The molecule has 1 heterocycles. The molecule has 7 aromatic rings. The van der Waals surface area contributed by atoms with E-state index in [0.717, 1.165) is 45.9 Å². The number of aryl methyl sites for hydroxylation is 1. The number of aromatic nitrogens is 3. The Hall–Kier alpha value is -6.25. The van der Waals surface area contributed by atoms with Gasteiger partial charge in [-0.15, -0.1) is 5.10 Å². The number of benzene rings is 6. The molecule has 48 heavy (non-hydrogen) atoms. The molecule has 0 atom stereocenters. The minimum Gasteiger partial charge on any atom is -0.334 e. The smallest absolute Gasteiger partial charge is 0.181 e. The first-order chi connectivity index (χ1) is 23.7. The molecule has 6 aromatic carbocycles. The Morgan fingerprint density at radius 2 is 1.17 bits per heavy atom. The van der Waals surface area contributed by atoms with Gasteiger partial charge >= 0.3 is 0 Å². The minimum atomic E-state index is -0.846. The van der Waals surface area contributed by atoms with Gasteiger partial charge in [0, 0.05) is 16.9 Å². The molecule has 0 aliphatic carbocycles. The van der Waals surface area contributed by atoms with E-state index in [4.69, 9.17) is 10.1 Å². The van der Waals surface area contributed by atoms with Gasteiger partial charge in [0.1, 0.15) is 11.4 Å². The highest BCUT2D eigenvalue weighted by Crippen LogP contribution is 2.42. The van der Waals surface area contributed by atoms with E-state index in [1.54, 1.807) is 0 Å². The van der Waals surface area contributed by atoms with Gasteiger partial charge in [-0.3, -0.25) is 0 Å². The lowest BCUT2D eigenvalue weighted by atomic mass is 9.77. The van der Waals surface area contributed by atoms with E-state index in [9.17, 15) is 5.26 Å². The summed E-state index contributed by atoms with van der Waals surface area (Å²) >= 11 is 0. The maximum Gasteiger partial charge on any atom is 0.181 e. The van der Waals surface area contributed by atoms with Crippen molar-refractivity contribution >= 4 is 11.4 Å². The second-order valence-electron chi connectivity index (χ2n) is 11.7. The summed E-state index contributed by atoms with van der Waals surface area (Å²) in [6.45, 7) is 2.59. The van der Waals surface area contributed by atoms with Crippen LogP contribution in [-0.2, 0) is 18.5 Å². The van der Waals surface area contributed by atoms with Gasteiger partial charge in [-0.05, 0) is 65.1 Å². The molecule has 1 aromatic heterocycles. The molecule has 0 unspecified atom stereocenters. The minimum absolute atomic E-state index is 0.424. The Balaban J connectivity index is 1.53.